The number of nitro benzene ring substituents is 1. The predicted octanol–water partition coefficient (Wildman–Crippen LogP) is 3.98. The summed E-state index contributed by atoms with van der Waals surface area (Å²) in [6.07, 6.45) is 0. The van der Waals surface area contributed by atoms with Crippen molar-refractivity contribution in [2.75, 3.05) is 5.32 Å². The Kier molecular flexibility index (Phi) is 5.04. The zero-order chi connectivity index (χ0) is 19.4. The van der Waals surface area contributed by atoms with E-state index in [9.17, 15) is 14.5 Å². The molecule has 0 aliphatic heterocycles. The van der Waals surface area contributed by atoms with Crippen LogP contribution in [0.3, 0.4) is 0 Å². The summed E-state index contributed by atoms with van der Waals surface area (Å²) in [6, 6.07) is 13.9. The molecule has 7 nitrogen and oxygen atoms in total. The third kappa shape index (κ3) is 4.22. The maximum Gasteiger partial charge on any atom is 0.270 e. The molecule has 8 heteroatoms. The fourth-order valence-corrected chi connectivity index (χ4v) is 2.49. The molecule has 0 radical (unpaired) electrons. The molecule has 1 aromatic heterocycles. The van der Waals surface area contributed by atoms with E-state index in [0.717, 1.165) is 0 Å². The van der Waals surface area contributed by atoms with Crippen molar-refractivity contribution in [2.24, 2.45) is 0 Å². The van der Waals surface area contributed by atoms with Gasteiger partial charge in [0.05, 0.1) is 16.6 Å². The van der Waals surface area contributed by atoms with E-state index >= 15 is 0 Å². The summed E-state index contributed by atoms with van der Waals surface area (Å²) < 4.78 is 14.0. The van der Waals surface area contributed by atoms with Gasteiger partial charge in [0.25, 0.3) is 5.69 Å². The van der Waals surface area contributed by atoms with Crippen LogP contribution in [-0.2, 0) is 6.54 Å². The van der Waals surface area contributed by atoms with E-state index in [1.165, 1.54) is 24.3 Å². The number of nitro groups is 1. The lowest BCUT2D eigenvalue weighted by molar-refractivity contribution is -0.384. The van der Waals surface area contributed by atoms with Gasteiger partial charge in [-0.2, -0.15) is 5.26 Å². The Morgan fingerprint density at radius 2 is 2.04 bits per heavy atom. The minimum Gasteiger partial charge on any atom is -0.366 e. The molecule has 0 aliphatic rings. The van der Waals surface area contributed by atoms with E-state index in [4.69, 9.17) is 5.26 Å². The zero-order valence-electron chi connectivity index (χ0n) is 14.3. The predicted molar refractivity (Wildman–Crippen MR) is 97.3 cm³/mol. The SMILES string of the molecule is Cc1cc(NCc2ccc(C#N)cc2F)nc(-c2cccc([N+](=O)[O-])c2)n1. The number of aryl methyl sites for hydroxylation is 1. The Hall–Kier alpha value is -3.86. The summed E-state index contributed by atoms with van der Waals surface area (Å²) in [7, 11) is 0. The summed E-state index contributed by atoms with van der Waals surface area (Å²) in [5, 5.41) is 22.8. The standard InChI is InChI=1S/C19H14FN5O2/c1-12-7-18(22-11-15-6-5-13(10-21)8-17(15)20)24-19(23-12)14-3-2-4-16(9-14)25(26)27/h2-9H,11H2,1H3,(H,22,23,24). The van der Waals surface area contributed by atoms with Crippen LogP contribution in [0, 0.1) is 34.2 Å². The van der Waals surface area contributed by atoms with Crippen LogP contribution >= 0.6 is 0 Å². The molecule has 0 fully saturated rings. The number of aromatic nitrogens is 2. The summed E-state index contributed by atoms with van der Waals surface area (Å²) in [4.78, 5) is 19.2. The van der Waals surface area contributed by atoms with Crippen molar-refractivity contribution < 1.29 is 9.31 Å². The fraction of sp³-hybridized carbons (Fsp3) is 0.105. The quantitative estimate of drug-likeness (QED) is 0.543. The number of nitriles is 1. The molecule has 0 saturated heterocycles. The molecule has 134 valence electrons. The highest BCUT2D eigenvalue weighted by molar-refractivity contribution is 5.61. The molecule has 0 amide bonds. The van der Waals surface area contributed by atoms with E-state index < -0.39 is 10.7 Å². The van der Waals surface area contributed by atoms with Crippen molar-refractivity contribution in [3.63, 3.8) is 0 Å². The molecule has 0 aliphatic carbocycles. The van der Waals surface area contributed by atoms with E-state index in [2.05, 4.69) is 15.3 Å². The van der Waals surface area contributed by atoms with Crippen molar-refractivity contribution in [3.05, 3.63) is 81.3 Å². The first-order valence-electron chi connectivity index (χ1n) is 7.99. The molecule has 0 unspecified atom stereocenters. The third-order valence-electron chi connectivity index (χ3n) is 3.81. The van der Waals surface area contributed by atoms with Crippen LogP contribution in [0.2, 0.25) is 0 Å². The molecular formula is C19H14FN5O2. The van der Waals surface area contributed by atoms with E-state index in [0.29, 0.717) is 28.5 Å². The number of rotatable bonds is 5. The fourth-order valence-electron chi connectivity index (χ4n) is 2.49. The topological polar surface area (TPSA) is 105 Å². The Morgan fingerprint density at radius 1 is 1.22 bits per heavy atom. The highest BCUT2D eigenvalue weighted by Crippen LogP contribution is 2.23. The number of hydrogen-bond acceptors (Lipinski definition) is 6. The Bertz CT molecular complexity index is 1060. The molecule has 0 spiro atoms. The number of benzene rings is 2. The third-order valence-corrected chi connectivity index (χ3v) is 3.81. The first kappa shape index (κ1) is 17.9. The molecule has 0 atom stereocenters. The van der Waals surface area contributed by atoms with Gasteiger partial charge in [0.2, 0.25) is 0 Å². The van der Waals surface area contributed by atoms with Crippen LogP contribution < -0.4 is 5.32 Å². The number of hydrogen-bond donors (Lipinski definition) is 1. The highest BCUT2D eigenvalue weighted by Gasteiger charge is 2.11. The maximum atomic E-state index is 14.0. The Morgan fingerprint density at radius 3 is 2.74 bits per heavy atom. The largest absolute Gasteiger partial charge is 0.366 e. The van der Waals surface area contributed by atoms with Gasteiger partial charge in [0.1, 0.15) is 11.6 Å². The summed E-state index contributed by atoms with van der Waals surface area (Å²) >= 11 is 0. The Labute approximate surface area is 154 Å². The molecule has 3 rings (SSSR count). The molecule has 27 heavy (non-hydrogen) atoms. The van der Waals surface area contributed by atoms with Crippen molar-refractivity contribution >= 4 is 11.5 Å². The van der Waals surface area contributed by atoms with E-state index in [1.54, 1.807) is 31.2 Å². The van der Waals surface area contributed by atoms with Crippen LogP contribution in [0.1, 0.15) is 16.8 Å². The average Bonchev–Trinajstić information content (AvgIpc) is 2.66. The first-order valence-corrected chi connectivity index (χ1v) is 7.99. The second-order valence-corrected chi connectivity index (χ2v) is 5.80. The first-order chi connectivity index (χ1) is 13.0. The minimum atomic E-state index is -0.480. The van der Waals surface area contributed by atoms with Gasteiger partial charge in [-0.1, -0.05) is 18.2 Å². The summed E-state index contributed by atoms with van der Waals surface area (Å²) in [6.45, 7) is 1.94. The lowest BCUT2D eigenvalue weighted by atomic mass is 10.1. The van der Waals surface area contributed by atoms with Gasteiger partial charge in [0.15, 0.2) is 5.82 Å². The number of non-ortho nitro benzene ring substituents is 1. The van der Waals surface area contributed by atoms with E-state index in [-0.39, 0.29) is 17.8 Å². The molecule has 0 saturated carbocycles. The minimum absolute atomic E-state index is 0.0493. The van der Waals surface area contributed by atoms with Crippen molar-refractivity contribution in [3.8, 4) is 17.5 Å². The van der Waals surface area contributed by atoms with Crippen LogP contribution in [0.25, 0.3) is 11.4 Å². The van der Waals surface area contributed by atoms with Gasteiger partial charge in [-0.15, -0.1) is 0 Å². The lowest BCUT2D eigenvalue weighted by Gasteiger charge is -2.09. The normalized spacial score (nSPS) is 10.3. The molecule has 1 N–H and O–H groups in total. The lowest BCUT2D eigenvalue weighted by Crippen LogP contribution is -2.05. The molecule has 2 aromatic carbocycles. The van der Waals surface area contributed by atoms with Gasteiger partial charge >= 0.3 is 0 Å². The smallest absolute Gasteiger partial charge is 0.270 e. The number of nitrogens with zero attached hydrogens (tertiary/aromatic N) is 4. The molecule has 1 heterocycles. The van der Waals surface area contributed by atoms with Crippen LogP contribution in [0.15, 0.2) is 48.5 Å². The van der Waals surface area contributed by atoms with Crippen molar-refractivity contribution in [2.45, 2.75) is 13.5 Å². The molecular weight excluding hydrogens is 349 g/mol. The van der Waals surface area contributed by atoms with Crippen molar-refractivity contribution in [1.29, 1.82) is 5.26 Å². The van der Waals surface area contributed by atoms with Gasteiger partial charge in [0, 0.05) is 41.6 Å². The van der Waals surface area contributed by atoms with Gasteiger partial charge in [-0.05, 0) is 19.1 Å². The second kappa shape index (κ2) is 7.58. The second-order valence-electron chi connectivity index (χ2n) is 5.80. The Balaban J connectivity index is 1.85. The summed E-state index contributed by atoms with van der Waals surface area (Å²) in [5.74, 6) is 0.320. The monoisotopic (exact) mass is 363 g/mol. The number of anilines is 1. The van der Waals surface area contributed by atoms with E-state index in [1.807, 2.05) is 6.07 Å². The van der Waals surface area contributed by atoms with Crippen LogP contribution in [0.4, 0.5) is 15.9 Å². The van der Waals surface area contributed by atoms with Gasteiger partial charge in [-0.25, -0.2) is 14.4 Å². The van der Waals surface area contributed by atoms with Crippen LogP contribution in [-0.4, -0.2) is 14.9 Å². The van der Waals surface area contributed by atoms with Crippen LogP contribution in [0.5, 0.6) is 0 Å². The van der Waals surface area contributed by atoms with Gasteiger partial charge in [-0.3, -0.25) is 10.1 Å². The van der Waals surface area contributed by atoms with Gasteiger partial charge < -0.3 is 5.32 Å². The molecule has 3 aromatic rings. The highest BCUT2D eigenvalue weighted by atomic mass is 19.1. The average molecular weight is 363 g/mol. The number of nitrogens with one attached hydrogen (secondary N) is 1. The zero-order valence-corrected chi connectivity index (χ0v) is 14.3. The maximum absolute atomic E-state index is 14.0. The molecule has 0 bridgehead atoms. The number of halogens is 1. The summed E-state index contributed by atoms with van der Waals surface area (Å²) in [5.41, 5.74) is 1.77. The van der Waals surface area contributed by atoms with Crippen molar-refractivity contribution in [1.82, 2.24) is 9.97 Å².